The van der Waals surface area contributed by atoms with E-state index in [2.05, 4.69) is 4.98 Å². The molecule has 3 rings (SSSR count). The van der Waals surface area contributed by atoms with Gasteiger partial charge in [-0.3, -0.25) is 0 Å². The second-order valence-electron chi connectivity index (χ2n) is 5.24. The molecule has 20 heavy (non-hydrogen) atoms. The highest BCUT2D eigenvalue weighted by Crippen LogP contribution is 2.38. The third-order valence-electron chi connectivity index (χ3n) is 3.97. The van der Waals surface area contributed by atoms with Crippen LogP contribution >= 0.6 is 0 Å². The van der Waals surface area contributed by atoms with Crippen molar-refractivity contribution in [1.29, 1.82) is 0 Å². The smallest absolute Gasteiger partial charge is 0.326 e. The van der Waals surface area contributed by atoms with Crippen LogP contribution in [0, 0.1) is 11.6 Å². The Kier molecular flexibility index (Phi) is 2.96. The molecule has 1 aromatic heterocycles. The first-order chi connectivity index (χ1) is 9.49. The number of carbonyl (C=O) groups is 1. The first-order valence-electron chi connectivity index (χ1n) is 6.58. The average molecular weight is 280 g/mol. The lowest BCUT2D eigenvalue weighted by molar-refractivity contribution is -0.140. The summed E-state index contributed by atoms with van der Waals surface area (Å²) in [6, 6.07) is 1.19. The molecule has 1 fully saturated rings. The van der Waals surface area contributed by atoms with Gasteiger partial charge in [-0.15, -0.1) is 0 Å². The summed E-state index contributed by atoms with van der Waals surface area (Å²) in [6.45, 7) is 1.52. The van der Waals surface area contributed by atoms with Crippen molar-refractivity contribution in [2.24, 2.45) is 0 Å². The zero-order chi connectivity index (χ0) is 14.4. The summed E-state index contributed by atoms with van der Waals surface area (Å²) in [4.78, 5) is 15.6. The number of hydrogen-bond acceptors (Lipinski definition) is 2. The number of nitrogens with zero attached hydrogens (tertiary/aromatic N) is 2. The Labute approximate surface area is 114 Å². The number of rotatable bonds is 3. The standard InChI is InChI=1S/C14H14F2N2O2/c1-7(14(19)20)18-12-6-10(16)9(15)5-11(12)17-13(18)8-3-2-4-8/h5-8H,2-4H2,1H3,(H,19,20). The van der Waals surface area contributed by atoms with E-state index >= 15 is 0 Å². The zero-order valence-corrected chi connectivity index (χ0v) is 10.9. The topological polar surface area (TPSA) is 55.1 Å². The first-order valence-corrected chi connectivity index (χ1v) is 6.58. The van der Waals surface area contributed by atoms with Crippen LogP contribution in [0.15, 0.2) is 12.1 Å². The van der Waals surface area contributed by atoms with E-state index in [1.807, 2.05) is 0 Å². The Morgan fingerprint density at radius 3 is 2.60 bits per heavy atom. The second-order valence-corrected chi connectivity index (χ2v) is 5.24. The summed E-state index contributed by atoms with van der Waals surface area (Å²) < 4.78 is 28.3. The molecule has 4 nitrogen and oxygen atoms in total. The largest absolute Gasteiger partial charge is 0.480 e. The van der Waals surface area contributed by atoms with Crippen molar-refractivity contribution in [3.63, 3.8) is 0 Å². The predicted molar refractivity (Wildman–Crippen MR) is 68.6 cm³/mol. The maximum atomic E-state index is 13.4. The molecule has 1 N–H and O–H groups in total. The van der Waals surface area contributed by atoms with Crippen LogP contribution in [0.5, 0.6) is 0 Å². The van der Waals surface area contributed by atoms with E-state index in [4.69, 9.17) is 0 Å². The summed E-state index contributed by atoms with van der Waals surface area (Å²) in [6.07, 6.45) is 2.93. The van der Waals surface area contributed by atoms with Gasteiger partial charge in [0.05, 0.1) is 11.0 Å². The second kappa shape index (κ2) is 4.54. The predicted octanol–water partition coefficient (Wildman–Crippen LogP) is 3.23. The van der Waals surface area contributed by atoms with Crippen molar-refractivity contribution in [1.82, 2.24) is 9.55 Å². The number of carboxylic acids is 1. The fourth-order valence-electron chi connectivity index (χ4n) is 2.58. The minimum atomic E-state index is -1.02. The van der Waals surface area contributed by atoms with E-state index in [0.717, 1.165) is 31.4 Å². The van der Waals surface area contributed by atoms with E-state index in [1.165, 1.54) is 11.5 Å². The van der Waals surface area contributed by atoms with Gasteiger partial charge >= 0.3 is 5.97 Å². The van der Waals surface area contributed by atoms with Crippen LogP contribution in [0.1, 0.15) is 44.0 Å². The Balaban J connectivity index is 2.25. The van der Waals surface area contributed by atoms with E-state index in [9.17, 15) is 18.7 Å². The zero-order valence-electron chi connectivity index (χ0n) is 10.9. The van der Waals surface area contributed by atoms with Crippen LogP contribution in [0.4, 0.5) is 8.78 Å². The summed E-state index contributed by atoms with van der Waals surface area (Å²) in [5, 5.41) is 9.22. The molecule has 1 aliphatic carbocycles. The van der Waals surface area contributed by atoms with Crippen LogP contribution < -0.4 is 0 Å². The molecule has 1 aliphatic rings. The summed E-state index contributed by atoms with van der Waals surface area (Å²) in [5.74, 6) is -2.18. The fraction of sp³-hybridized carbons (Fsp3) is 0.429. The Bertz CT molecular complexity index is 692. The quantitative estimate of drug-likeness (QED) is 0.939. The van der Waals surface area contributed by atoms with Crippen molar-refractivity contribution in [3.8, 4) is 0 Å². The third kappa shape index (κ3) is 1.87. The highest BCUT2D eigenvalue weighted by molar-refractivity contribution is 5.80. The van der Waals surface area contributed by atoms with Crippen molar-refractivity contribution in [2.45, 2.75) is 38.1 Å². The maximum Gasteiger partial charge on any atom is 0.326 e. The maximum absolute atomic E-state index is 13.4. The number of imidazole rings is 1. The molecule has 0 bridgehead atoms. The van der Waals surface area contributed by atoms with E-state index in [0.29, 0.717) is 16.9 Å². The van der Waals surface area contributed by atoms with Gasteiger partial charge in [0.2, 0.25) is 0 Å². The number of aliphatic carboxylic acids is 1. The van der Waals surface area contributed by atoms with Gasteiger partial charge in [0.15, 0.2) is 11.6 Å². The van der Waals surface area contributed by atoms with Gasteiger partial charge in [0.25, 0.3) is 0 Å². The Morgan fingerprint density at radius 1 is 1.40 bits per heavy atom. The monoisotopic (exact) mass is 280 g/mol. The molecule has 1 atom stereocenters. The lowest BCUT2D eigenvalue weighted by Gasteiger charge is -2.26. The number of halogens is 2. The fourth-order valence-corrected chi connectivity index (χ4v) is 2.58. The van der Waals surface area contributed by atoms with Gasteiger partial charge in [-0.25, -0.2) is 18.6 Å². The third-order valence-corrected chi connectivity index (χ3v) is 3.97. The average Bonchev–Trinajstić information content (AvgIpc) is 2.64. The molecule has 1 aromatic carbocycles. The Morgan fingerprint density at radius 2 is 2.05 bits per heavy atom. The minimum Gasteiger partial charge on any atom is -0.480 e. The van der Waals surface area contributed by atoms with Crippen molar-refractivity contribution in [2.75, 3.05) is 0 Å². The van der Waals surface area contributed by atoms with E-state index in [1.54, 1.807) is 0 Å². The van der Waals surface area contributed by atoms with E-state index in [-0.39, 0.29) is 5.92 Å². The summed E-state index contributed by atoms with van der Waals surface area (Å²) >= 11 is 0. The van der Waals surface area contributed by atoms with Gasteiger partial charge in [0.1, 0.15) is 11.9 Å². The van der Waals surface area contributed by atoms with E-state index < -0.39 is 23.6 Å². The van der Waals surface area contributed by atoms with Crippen LogP contribution in [0.3, 0.4) is 0 Å². The number of carboxylic acid groups (broad SMARTS) is 1. The summed E-state index contributed by atoms with van der Waals surface area (Å²) in [7, 11) is 0. The molecule has 0 radical (unpaired) electrons. The van der Waals surface area contributed by atoms with Gasteiger partial charge in [-0.05, 0) is 19.8 Å². The molecule has 6 heteroatoms. The van der Waals surface area contributed by atoms with Gasteiger partial charge in [-0.1, -0.05) is 6.42 Å². The minimum absolute atomic E-state index is 0.176. The Hall–Kier alpha value is -1.98. The molecule has 0 aliphatic heterocycles. The molecule has 1 heterocycles. The van der Waals surface area contributed by atoms with Crippen molar-refractivity contribution >= 4 is 17.0 Å². The molecule has 106 valence electrons. The molecule has 1 saturated carbocycles. The number of benzene rings is 1. The van der Waals surface area contributed by atoms with Crippen LogP contribution in [-0.2, 0) is 4.79 Å². The lowest BCUT2D eigenvalue weighted by atomic mass is 9.84. The van der Waals surface area contributed by atoms with Gasteiger partial charge in [0, 0.05) is 18.1 Å². The molecule has 0 spiro atoms. The molecule has 1 unspecified atom stereocenters. The van der Waals surface area contributed by atoms with Gasteiger partial charge < -0.3 is 9.67 Å². The normalized spacial score (nSPS) is 17.1. The lowest BCUT2D eigenvalue weighted by Crippen LogP contribution is -2.22. The molecular formula is C14H14F2N2O2. The molecular weight excluding hydrogens is 266 g/mol. The highest BCUT2D eigenvalue weighted by atomic mass is 19.2. The molecule has 2 aromatic rings. The van der Waals surface area contributed by atoms with Crippen LogP contribution in [-0.4, -0.2) is 20.6 Å². The number of aromatic nitrogens is 2. The van der Waals surface area contributed by atoms with Crippen LogP contribution in [0.2, 0.25) is 0 Å². The molecule has 0 saturated heterocycles. The molecule has 0 amide bonds. The first kappa shape index (κ1) is 13.0. The number of fused-ring (bicyclic) bond motifs is 1. The van der Waals surface area contributed by atoms with Crippen molar-refractivity contribution < 1.29 is 18.7 Å². The van der Waals surface area contributed by atoms with Crippen molar-refractivity contribution in [3.05, 3.63) is 29.6 Å². The van der Waals surface area contributed by atoms with Gasteiger partial charge in [-0.2, -0.15) is 0 Å². The number of hydrogen-bond donors (Lipinski definition) is 1. The van der Waals surface area contributed by atoms with Crippen LogP contribution in [0.25, 0.3) is 11.0 Å². The highest BCUT2D eigenvalue weighted by Gasteiger charge is 2.30. The summed E-state index contributed by atoms with van der Waals surface area (Å²) in [5.41, 5.74) is 0.639. The SMILES string of the molecule is CC(C(=O)O)n1c(C2CCC2)nc2cc(F)c(F)cc21.